The molecule has 0 atom stereocenters. The van der Waals surface area contributed by atoms with E-state index < -0.39 is 0 Å². The highest BCUT2D eigenvalue weighted by atomic mass is 35.5. The molecule has 0 saturated carbocycles. The second-order valence-corrected chi connectivity index (χ2v) is 4.37. The minimum atomic E-state index is 0.659. The van der Waals surface area contributed by atoms with Gasteiger partial charge in [-0.05, 0) is 30.3 Å². The lowest BCUT2D eigenvalue weighted by atomic mass is 10.2. The number of hydrogen-bond acceptors (Lipinski definition) is 3. The predicted molar refractivity (Wildman–Crippen MR) is 76.9 cm³/mol. The SMILES string of the molecule is COc1ccc(Cl)cc1N(C)c1ccccc1N. The van der Waals surface area contributed by atoms with Crippen molar-refractivity contribution >= 4 is 28.7 Å². The number of nitrogens with two attached hydrogens (primary N) is 1. The van der Waals surface area contributed by atoms with Gasteiger partial charge in [-0.25, -0.2) is 0 Å². The van der Waals surface area contributed by atoms with Crippen molar-refractivity contribution in [2.75, 3.05) is 24.8 Å². The monoisotopic (exact) mass is 262 g/mol. The number of ether oxygens (including phenoxy) is 1. The van der Waals surface area contributed by atoms with Crippen LogP contribution in [0.4, 0.5) is 17.1 Å². The number of benzene rings is 2. The number of rotatable bonds is 3. The fourth-order valence-corrected chi connectivity index (χ4v) is 2.01. The summed E-state index contributed by atoms with van der Waals surface area (Å²) >= 11 is 6.03. The van der Waals surface area contributed by atoms with Crippen molar-refractivity contribution in [2.24, 2.45) is 0 Å². The van der Waals surface area contributed by atoms with Crippen LogP contribution in [0.2, 0.25) is 5.02 Å². The van der Waals surface area contributed by atoms with Crippen LogP contribution < -0.4 is 15.4 Å². The standard InChI is InChI=1S/C14H15ClN2O/c1-17(12-6-4-3-5-11(12)16)13-9-10(15)7-8-14(13)18-2/h3-9H,16H2,1-2H3. The zero-order chi connectivity index (χ0) is 13.1. The number of methoxy groups -OCH3 is 1. The number of nitrogen functional groups attached to an aromatic ring is 1. The molecular weight excluding hydrogens is 248 g/mol. The van der Waals surface area contributed by atoms with Crippen molar-refractivity contribution in [1.82, 2.24) is 0 Å². The summed E-state index contributed by atoms with van der Waals surface area (Å²) in [7, 11) is 3.56. The van der Waals surface area contributed by atoms with Gasteiger partial charge < -0.3 is 15.4 Å². The Kier molecular flexibility index (Phi) is 3.63. The molecule has 2 N–H and O–H groups in total. The van der Waals surface area contributed by atoms with Gasteiger partial charge in [-0.1, -0.05) is 23.7 Å². The first-order chi connectivity index (χ1) is 8.63. The van der Waals surface area contributed by atoms with E-state index >= 15 is 0 Å². The van der Waals surface area contributed by atoms with Crippen LogP contribution in [-0.2, 0) is 0 Å². The van der Waals surface area contributed by atoms with Gasteiger partial charge in [0.15, 0.2) is 0 Å². The molecule has 94 valence electrons. The molecular formula is C14H15ClN2O. The summed E-state index contributed by atoms with van der Waals surface area (Å²) in [6, 6.07) is 13.2. The van der Waals surface area contributed by atoms with Crippen LogP contribution in [0.5, 0.6) is 5.75 Å². The average molecular weight is 263 g/mol. The summed E-state index contributed by atoms with van der Waals surface area (Å²) in [6.07, 6.45) is 0. The zero-order valence-electron chi connectivity index (χ0n) is 10.4. The van der Waals surface area contributed by atoms with Crippen molar-refractivity contribution in [3.05, 3.63) is 47.5 Å². The predicted octanol–water partition coefficient (Wildman–Crippen LogP) is 3.70. The summed E-state index contributed by atoms with van der Waals surface area (Å²) < 4.78 is 5.34. The van der Waals surface area contributed by atoms with Crippen LogP contribution in [0.15, 0.2) is 42.5 Å². The highest BCUT2D eigenvalue weighted by Crippen LogP contribution is 2.36. The molecule has 0 aromatic heterocycles. The maximum atomic E-state index is 6.03. The third kappa shape index (κ3) is 2.36. The lowest BCUT2D eigenvalue weighted by molar-refractivity contribution is 0.415. The van der Waals surface area contributed by atoms with E-state index in [1.165, 1.54) is 0 Å². The Morgan fingerprint density at radius 2 is 1.83 bits per heavy atom. The van der Waals surface area contributed by atoms with Gasteiger partial charge in [0.05, 0.1) is 24.2 Å². The van der Waals surface area contributed by atoms with Gasteiger partial charge in [0.2, 0.25) is 0 Å². The van der Waals surface area contributed by atoms with Gasteiger partial charge in [-0.15, -0.1) is 0 Å². The first-order valence-corrected chi connectivity index (χ1v) is 5.93. The highest BCUT2D eigenvalue weighted by Gasteiger charge is 2.12. The lowest BCUT2D eigenvalue weighted by Gasteiger charge is -2.23. The smallest absolute Gasteiger partial charge is 0.142 e. The molecule has 0 radical (unpaired) electrons. The van der Waals surface area contributed by atoms with Crippen molar-refractivity contribution in [3.63, 3.8) is 0 Å². The van der Waals surface area contributed by atoms with Gasteiger partial charge in [-0.2, -0.15) is 0 Å². The Morgan fingerprint density at radius 1 is 1.11 bits per heavy atom. The number of anilines is 3. The third-order valence-corrected chi connectivity index (χ3v) is 3.04. The second kappa shape index (κ2) is 5.19. The molecule has 0 heterocycles. The highest BCUT2D eigenvalue weighted by molar-refractivity contribution is 6.31. The van der Waals surface area contributed by atoms with Crippen molar-refractivity contribution in [1.29, 1.82) is 0 Å². The molecule has 18 heavy (non-hydrogen) atoms. The summed E-state index contributed by atoms with van der Waals surface area (Å²) in [5, 5.41) is 0.659. The minimum Gasteiger partial charge on any atom is -0.495 e. The van der Waals surface area contributed by atoms with Crippen LogP contribution in [0, 0.1) is 0 Å². The molecule has 3 nitrogen and oxygen atoms in total. The van der Waals surface area contributed by atoms with Crippen LogP contribution in [0.25, 0.3) is 0 Å². The number of halogens is 1. The normalized spacial score (nSPS) is 10.2. The Labute approximate surface area is 112 Å². The summed E-state index contributed by atoms with van der Waals surface area (Å²) in [5.41, 5.74) is 8.48. The lowest BCUT2D eigenvalue weighted by Crippen LogP contribution is -2.12. The summed E-state index contributed by atoms with van der Waals surface area (Å²) in [6.45, 7) is 0. The molecule has 2 aromatic rings. The van der Waals surface area contributed by atoms with E-state index in [0.717, 1.165) is 17.1 Å². The Bertz CT molecular complexity index is 557. The molecule has 0 aliphatic carbocycles. The van der Waals surface area contributed by atoms with Crippen LogP contribution in [0.1, 0.15) is 0 Å². The fraction of sp³-hybridized carbons (Fsp3) is 0.143. The Morgan fingerprint density at radius 3 is 2.50 bits per heavy atom. The molecule has 2 rings (SSSR count). The van der Waals surface area contributed by atoms with Crippen molar-refractivity contribution in [3.8, 4) is 5.75 Å². The molecule has 0 spiro atoms. The van der Waals surface area contributed by atoms with E-state index in [1.54, 1.807) is 13.2 Å². The first-order valence-electron chi connectivity index (χ1n) is 5.55. The maximum absolute atomic E-state index is 6.03. The van der Waals surface area contributed by atoms with E-state index in [0.29, 0.717) is 10.7 Å². The topological polar surface area (TPSA) is 38.5 Å². The number of hydrogen-bond donors (Lipinski definition) is 1. The molecule has 2 aromatic carbocycles. The first kappa shape index (κ1) is 12.6. The van der Waals surface area contributed by atoms with Crippen molar-refractivity contribution < 1.29 is 4.74 Å². The van der Waals surface area contributed by atoms with Crippen LogP contribution >= 0.6 is 11.6 Å². The molecule has 4 heteroatoms. The van der Waals surface area contributed by atoms with Gasteiger partial charge in [-0.3, -0.25) is 0 Å². The molecule has 0 saturated heterocycles. The van der Waals surface area contributed by atoms with E-state index in [4.69, 9.17) is 22.1 Å². The summed E-state index contributed by atoms with van der Waals surface area (Å²) in [5.74, 6) is 0.755. The van der Waals surface area contributed by atoms with E-state index in [-0.39, 0.29) is 0 Å². The Hall–Kier alpha value is -1.87. The van der Waals surface area contributed by atoms with E-state index in [1.807, 2.05) is 48.3 Å². The molecule has 0 bridgehead atoms. The quantitative estimate of drug-likeness (QED) is 0.858. The zero-order valence-corrected chi connectivity index (χ0v) is 11.1. The van der Waals surface area contributed by atoms with Gasteiger partial charge in [0.25, 0.3) is 0 Å². The molecule has 0 amide bonds. The maximum Gasteiger partial charge on any atom is 0.142 e. The molecule has 0 fully saturated rings. The third-order valence-electron chi connectivity index (χ3n) is 2.80. The number of para-hydroxylation sites is 2. The summed E-state index contributed by atoms with van der Waals surface area (Å²) in [4.78, 5) is 1.96. The average Bonchev–Trinajstić information content (AvgIpc) is 2.38. The van der Waals surface area contributed by atoms with Crippen LogP contribution in [0.3, 0.4) is 0 Å². The van der Waals surface area contributed by atoms with Gasteiger partial charge >= 0.3 is 0 Å². The Balaban J connectivity index is 2.48. The van der Waals surface area contributed by atoms with Crippen molar-refractivity contribution in [2.45, 2.75) is 0 Å². The fourth-order valence-electron chi connectivity index (χ4n) is 1.85. The van der Waals surface area contributed by atoms with E-state index in [9.17, 15) is 0 Å². The number of nitrogens with zero attached hydrogens (tertiary/aromatic N) is 1. The molecule has 0 unspecified atom stereocenters. The van der Waals surface area contributed by atoms with Gasteiger partial charge in [0.1, 0.15) is 5.75 Å². The largest absolute Gasteiger partial charge is 0.495 e. The van der Waals surface area contributed by atoms with Gasteiger partial charge in [0, 0.05) is 12.1 Å². The second-order valence-electron chi connectivity index (χ2n) is 3.93. The molecule has 0 aliphatic heterocycles. The van der Waals surface area contributed by atoms with E-state index in [2.05, 4.69) is 0 Å². The molecule has 0 aliphatic rings. The minimum absolute atomic E-state index is 0.659. The van der Waals surface area contributed by atoms with Crippen LogP contribution in [-0.4, -0.2) is 14.2 Å².